The van der Waals surface area contributed by atoms with Crippen LogP contribution >= 0.6 is 11.3 Å². The molecule has 4 nitrogen and oxygen atoms in total. The van der Waals surface area contributed by atoms with Gasteiger partial charge in [-0.2, -0.15) is 4.31 Å². The molecule has 108 valence electrons. The first-order valence-electron chi connectivity index (χ1n) is 6.83. The Balaban J connectivity index is 2.14. The molecule has 1 N–H and O–H groups in total. The second-order valence-electron chi connectivity index (χ2n) is 5.14. The largest absolute Gasteiger partial charge is 0.312 e. The second-order valence-corrected chi connectivity index (χ2v) is 8.05. The number of thiophene rings is 1. The average molecular weight is 302 g/mol. The molecule has 1 atom stereocenters. The smallest absolute Gasteiger partial charge is 0.244 e. The number of hydrogen-bond acceptors (Lipinski definition) is 4. The molecule has 1 aliphatic heterocycles. The van der Waals surface area contributed by atoms with E-state index in [9.17, 15) is 8.42 Å². The quantitative estimate of drug-likeness (QED) is 0.820. The van der Waals surface area contributed by atoms with Crippen LogP contribution in [0, 0.1) is 5.92 Å². The van der Waals surface area contributed by atoms with Crippen molar-refractivity contribution < 1.29 is 8.42 Å². The highest BCUT2D eigenvalue weighted by molar-refractivity contribution is 7.89. The number of rotatable bonds is 6. The van der Waals surface area contributed by atoms with E-state index in [1.54, 1.807) is 10.4 Å². The molecule has 2 rings (SSSR count). The molecule has 1 aromatic heterocycles. The van der Waals surface area contributed by atoms with Gasteiger partial charge in [0.15, 0.2) is 0 Å². The number of sulfonamides is 1. The van der Waals surface area contributed by atoms with Crippen molar-refractivity contribution in [2.75, 3.05) is 19.6 Å². The lowest BCUT2D eigenvalue weighted by atomic mass is 10.2. The summed E-state index contributed by atoms with van der Waals surface area (Å²) in [7, 11) is -3.29. The molecule has 1 saturated heterocycles. The van der Waals surface area contributed by atoms with Gasteiger partial charge in [0.2, 0.25) is 10.0 Å². The highest BCUT2D eigenvalue weighted by atomic mass is 32.2. The zero-order valence-electron chi connectivity index (χ0n) is 11.6. The summed E-state index contributed by atoms with van der Waals surface area (Å²) in [6, 6.07) is 1.74. The van der Waals surface area contributed by atoms with E-state index in [-0.39, 0.29) is 0 Å². The van der Waals surface area contributed by atoms with Gasteiger partial charge in [0.1, 0.15) is 0 Å². The van der Waals surface area contributed by atoms with Crippen LogP contribution in [0.1, 0.15) is 31.6 Å². The van der Waals surface area contributed by atoms with Crippen LogP contribution in [0.3, 0.4) is 0 Å². The molecule has 0 aliphatic carbocycles. The van der Waals surface area contributed by atoms with Crippen LogP contribution in [0.4, 0.5) is 0 Å². The van der Waals surface area contributed by atoms with Gasteiger partial charge in [0.25, 0.3) is 0 Å². The highest BCUT2D eigenvalue weighted by Crippen LogP contribution is 2.28. The fourth-order valence-corrected chi connectivity index (χ4v) is 5.28. The number of hydrogen-bond donors (Lipinski definition) is 1. The Morgan fingerprint density at radius 2 is 2.32 bits per heavy atom. The van der Waals surface area contributed by atoms with Crippen molar-refractivity contribution >= 4 is 21.4 Å². The number of nitrogens with one attached hydrogen (secondary N) is 1. The maximum Gasteiger partial charge on any atom is 0.244 e. The molecular weight excluding hydrogens is 280 g/mol. The molecule has 1 aliphatic rings. The summed E-state index contributed by atoms with van der Waals surface area (Å²) in [6.45, 7) is 7.07. The van der Waals surface area contributed by atoms with Crippen LogP contribution in [0.5, 0.6) is 0 Å². The van der Waals surface area contributed by atoms with E-state index in [4.69, 9.17) is 0 Å². The SMILES string of the molecule is CCCNCc1sccc1S(=O)(=O)N1CCC(C)C1. The summed E-state index contributed by atoms with van der Waals surface area (Å²) in [6.07, 6.45) is 2.02. The van der Waals surface area contributed by atoms with Crippen LogP contribution in [0.25, 0.3) is 0 Å². The molecule has 19 heavy (non-hydrogen) atoms. The van der Waals surface area contributed by atoms with Gasteiger partial charge in [0.05, 0.1) is 4.90 Å². The van der Waals surface area contributed by atoms with Gasteiger partial charge in [-0.25, -0.2) is 8.42 Å². The van der Waals surface area contributed by atoms with Crippen LogP contribution in [-0.4, -0.2) is 32.4 Å². The Morgan fingerprint density at radius 1 is 1.53 bits per heavy atom. The van der Waals surface area contributed by atoms with E-state index in [0.717, 1.165) is 24.3 Å². The minimum atomic E-state index is -3.29. The summed E-state index contributed by atoms with van der Waals surface area (Å²) in [5, 5.41) is 5.15. The van der Waals surface area contributed by atoms with Crippen LogP contribution in [-0.2, 0) is 16.6 Å². The van der Waals surface area contributed by atoms with E-state index in [1.807, 2.05) is 5.38 Å². The van der Waals surface area contributed by atoms with E-state index in [2.05, 4.69) is 19.2 Å². The maximum atomic E-state index is 12.6. The van der Waals surface area contributed by atoms with Gasteiger partial charge in [-0.15, -0.1) is 11.3 Å². The van der Waals surface area contributed by atoms with E-state index in [0.29, 0.717) is 30.4 Å². The van der Waals surface area contributed by atoms with Gasteiger partial charge < -0.3 is 5.32 Å². The molecule has 6 heteroatoms. The van der Waals surface area contributed by atoms with Crippen LogP contribution < -0.4 is 5.32 Å². The minimum Gasteiger partial charge on any atom is -0.312 e. The van der Waals surface area contributed by atoms with Gasteiger partial charge in [0, 0.05) is 24.5 Å². The Kier molecular flexibility index (Phi) is 5.00. The fraction of sp³-hybridized carbons (Fsp3) is 0.692. The molecule has 0 bridgehead atoms. The summed E-state index contributed by atoms with van der Waals surface area (Å²) < 4.78 is 26.8. The Labute approximate surface area is 119 Å². The van der Waals surface area contributed by atoms with Gasteiger partial charge >= 0.3 is 0 Å². The van der Waals surface area contributed by atoms with Gasteiger partial charge in [-0.1, -0.05) is 13.8 Å². The highest BCUT2D eigenvalue weighted by Gasteiger charge is 2.32. The van der Waals surface area contributed by atoms with Crippen molar-refractivity contribution in [2.45, 2.75) is 38.1 Å². The standard InChI is InChI=1S/C13H22N2O2S2/c1-3-6-14-9-12-13(5-8-18-12)19(16,17)15-7-4-11(2)10-15/h5,8,11,14H,3-4,6-7,9-10H2,1-2H3. The Hall–Kier alpha value is -0.430. The van der Waals surface area contributed by atoms with Crippen molar-refractivity contribution in [1.29, 1.82) is 0 Å². The first-order chi connectivity index (χ1) is 9.05. The van der Waals surface area contributed by atoms with Crippen molar-refractivity contribution in [3.63, 3.8) is 0 Å². The zero-order valence-corrected chi connectivity index (χ0v) is 13.2. The van der Waals surface area contributed by atoms with Crippen molar-refractivity contribution in [2.24, 2.45) is 5.92 Å². The third kappa shape index (κ3) is 3.37. The molecule has 0 spiro atoms. The Bertz CT molecular complexity index is 510. The van der Waals surface area contributed by atoms with Gasteiger partial charge in [-0.3, -0.25) is 0 Å². The van der Waals surface area contributed by atoms with Crippen LogP contribution in [0.2, 0.25) is 0 Å². The van der Waals surface area contributed by atoms with E-state index >= 15 is 0 Å². The summed E-state index contributed by atoms with van der Waals surface area (Å²) >= 11 is 1.52. The predicted molar refractivity (Wildman–Crippen MR) is 78.9 cm³/mol. The zero-order chi connectivity index (χ0) is 13.9. The lowest BCUT2D eigenvalue weighted by Gasteiger charge is -2.16. The number of nitrogens with zero attached hydrogens (tertiary/aromatic N) is 1. The normalized spacial score (nSPS) is 21.1. The minimum absolute atomic E-state index is 0.468. The monoisotopic (exact) mass is 302 g/mol. The van der Waals surface area contributed by atoms with Gasteiger partial charge in [-0.05, 0) is 36.8 Å². The molecule has 0 amide bonds. The summed E-state index contributed by atoms with van der Waals surface area (Å²) in [5.41, 5.74) is 0. The third-order valence-electron chi connectivity index (χ3n) is 3.42. The molecule has 0 aromatic carbocycles. The van der Waals surface area contributed by atoms with Crippen molar-refractivity contribution in [1.82, 2.24) is 9.62 Å². The maximum absolute atomic E-state index is 12.6. The molecule has 1 aromatic rings. The topological polar surface area (TPSA) is 49.4 Å². The molecular formula is C13H22N2O2S2. The summed E-state index contributed by atoms with van der Waals surface area (Å²) in [5.74, 6) is 0.468. The Morgan fingerprint density at radius 3 is 2.95 bits per heavy atom. The molecule has 1 fully saturated rings. The first-order valence-corrected chi connectivity index (χ1v) is 9.15. The third-order valence-corrected chi connectivity index (χ3v) is 6.42. The van der Waals surface area contributed by atoms with Crippen LogP contribution in [0.15, 0.2) is 16.3 Å². The van der Waals surface area contributed by atoms with E-state index < -0.39 is 10.0 Å². The first kappa shape index (κ1) is 15.0. The molecule has 1 unspecified atom stereocenters. The predicted octanol–water partition coefficient (Wildman–Crippen LogP) is 2.28. The molecule has 2 heterocycles. The fourth-order valence-electron chi connectivity index (χ4n) is 2.32. The second kappa shape index (κ2) is 6.35. The van der Waals surface area contributed by atoms with Crippen molar-refractivity contribution in [3.05, 3.63) is 16.3 Å². The lowest BCUT2D eigenvalue weighted by molar-refractivity contribution is 0.463. The molecule has 0 radical (unpaired) electrons. The average Bonchev–Trinajstić information content (AvgIpc) is 2.98. The lowest BCUT2D eigenvalue weighted by Crippen LogP contribution is -2.29. The summed E-state index contributed by atoms with van der Waals surface area (Å²) in [4.78, 5) is 1.42. The molecule has 0 saturated carbocycles. The van der Waals surface area contributed by atoms with E-state index in [1.165, 1.54) is 11.3 Å². The van der Waals surface area contributed by atoms with Crippen molar-refractivity contribution in [3.8, 4) is 0 Å².